The number of nitrogens with one attached hydrogen (secondary N) is 1. The number of nitro benzene ring substituents is 1. The molecule has 0 aliphatic rings. The van der Waals surface area contributed by atoms with Crippen molar-refractivity contribution in [2.75, 3.05) is 5.32 Å². The van der Waals surface area contributed by atoms with Gasteiger partial charge in [-0.15, -0.1) is 0 Å². The minimum absolute atomic E-state index is 0.0857. The van der Waals surface area contributed by atoms with Crippen molar-refractivity contribution >= 4 is 17.3 Å². The molecule has 1 amide bonds. The maximum atomic E-state index is 11.4. The van der Waals surface area contributed by atoms with Gasteiger partial charge in [0.25, 0.3) is 5.69 Å². The first kappa shape index (κ1) is 21.4. The summed E-state index contributed by atoms with van der Waals surface area (Å²) in [5.41, 5.74) is 1.48. The van der Waals surface area contributed by atoms with Gasteiger partial charge in [0.05, 0.1) is 10.6 Å². The fourth-order valence-corrected chi connectivity index (χ4v) is 3.07. The Kier molecular flexibility index (Phi) is 7.15. The van der Waals surface area contributed by atoms with Crippen molar-refractivity contribution in [1.82, 2.24) is 0 Å². The lowest BCUT2D eigenvalue weighted by molar-refractivity contribution is -0.384. The normalized spacial score (nSPS) is 11.1. The van der Waals surface area contributed by atoms with Gasteiger partial charge in [-0.2, -0.15) is 0 Å². The quantitative estimate of drug-likeness (QED) is 0.317. The number of hydrogen-bond donors (Lipinski definition) is 1. The number of benzene rings is 2. The Hall–Kier alpha value is -2.89. The Labute approximate surface area is 166 Å². The van der Waals surface area contributed by atoms with E-state index < -0.39 is 4.92 Å². The Bertz CT molecular complexity index is 829. The predicted octanol–water partition coefficient (Wildman–Crippen LogP) is 6.20. The van der Waals surface area contributed by atoms with E-state index >= 15 is 0 Å². The molecule has 2 rings (SSSR count). The van der Waals surface area contributed by atoms with E-state index in [0.29, 0.717) is 11.5 Å². The van der Waals surface area contributed by atoms with Crippen molar-refractivity contribution in [1.29, 1.82) is 0 Å². The average Bonchev–Trinajstić information content (AvgIpc) is 2.63. The van der Waals surface area contributed by atoms with Gasteiger partial charge in [-0.1, -0.05) is 52.2 Å². The van der Waals surface area contributed by atoms with E-state index in [2.05, 4.69) is 26.1 Å². The third-order valence-electron chi connectivity index (χ3n) is 4.75. The second kappa shape index (κ2) is 9.35. The zero-order chi connectivity index (χ0) is 20.7. The van der Waals surface area contributed by atoms with Crippen LogP contribution in [0.1, 0.15) is 58.9 Å². The standard InChI is InChI=1S/C22H28N2O4/c1-5-6-7-14-22(3,4)17-8-11-19(12-9-17)28-21-13-10-18(24(26)27)15-20(21)23-16(2)25/h8-13,15H,5-7,14H2,1-4H3,(H,23,25). The van der Waals surface area contributed by atoms with Gasteiger partial charge in [-0.05, 0) is 35.6 Å². The van der Waals surface area contributed by atoms with Gasteiger partial charge in [0.15, 0.2) is 5.75 Å². The molecule has 0 radical (unpaired) electrons. The van der Waals surface area contributed by atoms with E-state index in [1.165, 1.54) is 49.9 Å². The molecule has 0 unspecified atom stereocenters. The first-order chi connectivity index (χ1) is 13.2. The molecule has 0 bridgehead atoms. The highest BCUT2D eigenvalue weighted by atomic mass is 16.6. The van der Waals surface area contributed by atoms with Gasteiger partial charge in [0, 0.05) is 19.1 Å². The van der Waals surface area contributed by atoms with Crippen LogP contribution in [0, 0.1) is 10.1 Å². The van der Waals surface area contributed by atoms with Crippen LogP contribution in [0.15, 0.2) is 42.5 Å². The summed E-state index contributed by atoms with van der Waals surface area (Å²) < 4.78 is 5.87. The summed E-state index contributed by atoms with van der Waals surface area (Å²) in [6, 6.07) is 12.0. The lowest BCUT2D eigenvalue weighted by Gasteiger charge is -2.25. The average molecular weight is 384 g/mol. The predicted molar refractivity (Wildman–Crippen MR) is 111 cm³/mol. The maximum Gasteiger partial charge on any atom is 0.271 e. The van der Waals surface area contributed by atoms with Crippen molar-refractivity contribution in [2.45, 2.75) is 58.8 Å². The summed E-state index contributed by atoms with van der Waals surface area (Å²) in [6.07, 6.45) is 4.76. The minimum Gasteiger partial charge on any atom is -0.455 e. The number of unbranched alkanes of at least 4 members (excludes halogenated alkanes) is 2. The summed E-state index contributed by atoms with van der Waals surface area (Å²) in [7, 11) is 0. The third kappa shape index (κ3) is 5.81. The Morgan fingerprint density at radius 3 is 2.39 bits per heavy atom. The fourth-order valence-electron chi connectivity index (χ4n) is 3.07. The Balaban J connectivity index is 2.19. The Morgan fingerprint density at radius 1 is 1.14 bits per heavy atom. The molecule has 0 saturated heterocycles. The van der Waals surface area contributed by atoms with Crippen LogP contribution in [0.5, 0.6) is 11.5 Å². The highest BCUT2D eigenvalue weighted by molar-refractivity contribution is 5.91. The van der Waals surface area contributed by atoms with Crippen LogP contribution in [0.3, 0.4) is 0 Å². The van der Waals surface area contributed by atoms with Crippen LogP contribution in [0.25, 0.3) is 0 Å². The lowest BCUT2D eigenvalue weighted by Crippen LogP contribution is -2.16. The van der Waals surface area contributed by atoms with Crippen LogP contribution >= 0.6 is 0 Å². The number of ether oxygens (including phenoxy) is 1. The zero-order valence-electron chi connectivity index (χ0n) is 17.0. The number of non-ortho nitro benzene ring substituents is 1. The zero-order valence-corrected chi connectivity index (χ0v) is 17.0. The van der Waals surface area contributed by atoms with E-state index in [0.717, 1.165) is 6.42 Å². The van der Waals surface area contributed by atoms with E-state index in [9.17, 15) is 14.9 Å². The van der Waals surface area contributed by atoms with Gasteiger partial charge in [-0.3, -0.25) is 14.9 Å². The molecule has 0 aliphatic carbocycles. The van der Waals surface area contributed by atoms with Crippen LogP contribution in [0.4, 0.5) is 11.4 Å². The lowest BCUT2D eigenvalue weighted by atomic mass is 9.80. The number of nitrogens with zero attached hydrogens (tertiary/aromatic N) is 1. The number of rotatable bonds is 9. The highest BCUT2D eigenvalue weighted by Gasteiger charge is 2.20. The van der Waals surface area contributed by atoms with Crippen molar-refractivity contribution in [2.24, 2.45) is 0 Å². The topological polar surface area (TPSA) is 81.5 Å². The smallest absolute Gasteiger partial charge is 0.271 e. The molecule has 0 spiro atoms. The van der Waals surface area contributed by atoms with Crippen molar-refractivity contribution in [3.05, 3.63) is 58.1 Å². The molecular weight excluding hydrogens is 356 g/mol. The second-order valence-electron chi connectivity index (χ2n) is 7.59. The fraction of sp³-hybridized carbons (Fsp3) is 0.409. The third-order valence-corrected chi connectivity index (χ3v) is 4.75. The number of anilines is 1. The molecule has 0 atom stereocenters. The van der Waals surface area contributed by atoms with Crippen molar-refractivity contribution in [3.8, 4) is 11.5 Å². The van der Waals surface area contributed by atoms with Crippen molar-refractivity contribution < 1.29 is 14.5 Å². The SMILES string of the molecule is CCCCCC(C)(C)c1ccc(Oc2ccc([N+](=O)[O-])cc2NC(C)=O)cc1. The maximum absolute atomic E-state index is 11.4. The van der Waals surface area contributed by atoms with E-state index in [1.54, 1.807) is 0 Å². The van der Waals surface area contributed by atoms with Crippen LogP contribution in [-0.2, 0) is 10.2 Å². The summed E-state index contributed by atoms with van der Waals surface area (Å²) in [5.74, 6) is 0.638. The molecule has 28 heavy (non-hydrogen) atoms. The molecule has 0 aromatic heterocycles. The van der Waals surface area contributed by atoms with Gasteiger partial charge >= 0.3 is 0 Å². The van der Waals surface area contributed by atoms with Gasteiger partial charge in [-0.25, -0.2) is 0 Å². The van der Waals surface area contributed by atoms with E-state index in [4.69, 9.17) is 4.74 Å². The van der Waals surface area contributed by atoms with Gasteiger partial charge in [0.2, 0.25) is 5.91 Å². The van der Waals surface area contributed by atoms with Crippen LogP contribution in [-0.4, -0.2) is 10.8 Å². The number of amides is 1. The minimum atomic E-state index is -0.509. The molecule has 2 aromatic carbocycles. The number of nitro groups is 1. The van der Waals surface area contributed by atoms with E-state index in [-0.39, 0.29) is 22.7 Å². The molecular formula is C22H28N2O4. The summed E-state index contributed by atoms with van der Waals surface area (Å²) in [5, 5.41) is 13.6. The van der Waals surface area contributed by atoms with Crippen molar-refractivity contribution in [3.63, 3.8) is 0 Å². The molecule has 6 heteroatoms. The first-order valence-electron chi connectivity index (χ1n) is 9.57. The summed E-state index contributed by atoms with van der Waals surface area (Å²) in [6.45, 7) is 8.03. The first-order valence-corrected chi connectivity index (χ1v) is 9.57. The molecule has 0 fully saturated rings. The molecule has 2 aromatic rings. The van der Waals surface area contributed by atoms with Crippen LogP contribution in [0.2, 0.25) is 0 Å². The molecule has 0 saturated carbocycles. The molecule has 1 N–H and O–H groups in total. The number of carbonyl (C=O) groups is 1. The van der Waals surface area contributed by atoms with Crippen LogP contribution < -0.4 is 10.1 Å². The monoisotopic (exact) mass is 384 g/mol. The molecule has 6 nitrogen and oxygen atoms in total. The molecule has 150 valence electrons. The number of carbonyl (C=O) groups excluding carboxylic acids is 1. The molecule has 0 aliphatic heterocycles. The molecule has 0 heterocycles. The van der Waals surface area contributed by atoms with Gasteiger partial charge in [0.1, 0.15) is 5.75 Å². The van der Waals surface area contributed by atoms with E-state index in [1.807, 2.05) is 24.3 Å². The second-order valence-corrected chi connectivity index (χ2v) is 7.59. The highest BCUT2D eigenvalue weighted by Crippen LogP contribution is 2.35. The summed E-state index contributed by atoms with van der Waals surface area (Å²) >= 11 is 0. The number of hydrogen-bond acceptors (Lipinski definition) is 4. The summed E-state index contributed by atoms with van der Waals surface area (Å²) in [4.78, 5) is 21.9. The Morgan fingerprint density at radius 2 is 1.82 bits per heavy atom. The van der Waals surface area contributed by atoms with Gasteiger partial charge < -0.3 is 10.1 Å². The largest absolute Gasteiger partial charge is 0.455 e.